The number of esters is 3. The first-order chi connectivity index (χ1) is 37.0. The molecule has 0 spiro atoms. The summed E-state index contributed by atoms with van der Waals surface area (Å²) in [4.78, 5) is 37.9. The molecular weight excluding hydrogens is 925 g/mol. The molecule has 0 saturated heterocycles. The number of hydrogen-bond donors (Lipinski definition) is 0. The molecule has 0 aromatic carbocycles. The molecule has 432 valence electrons. The van der Waals surface area contributed by atoms with E-state index in [2.05, 4.69) is 106 Å². The third-order valence-corrected chi connectivity index (χ3v) is 13.9. The van der Waals surface area contributed by atoms with Gasteiger partial charge in [-0.1, -0.05) is 286 Å². The SMILES string of the molecule is CC/C=C\C/C=C\C/C=C\C/C=C\C/C=C\C/C=C\CCCCCCCCCCCCC(=O)OCC(COC(=O)CCCCCCC)OC(=O)CCCCCCCCCCCCC/C=C\CCCCCCCCCC. The summed E-state index contributed by atoms with van der Waals surface area (Å²) in [5, 5.41) is 0. The van der Waals surface area contributed by atoms with Crippen LogP contribution in [0.15, 0.2) is 85.1 Å². The monoisotopic (exact) mass is 1040 g/mol. The maximum Gasteiger partial charge on any atom is 0.306 e. The molecule has 75 heavy (non-hydrogen) atoms. The van der Waals surface area contributed by atoms with Gasteiger partial charge in [-0.15, -0.1) is 0 Å². The molecule has 0 heterocycles. The molecule has 0 bridgehead atoms. The molecule has 0 radical (unpaired) electrons. The Hall–Kier alpha value is -3.41. The Morgan fingerprint density at radius 3 is 0.827 bits per heavy atom. The smallest absolute Gasteiger partial charge is 0.306 e. The highest BCUT2D eigenvalue weighted by atomic mass is 16.6. The van der Waals surface area contributed by atoms with E-state index in [1.807, 2.05) is 0 Å². The van der Waals surface area contributed by atoms with Gasteiger partial charge in [0.2, 0.25) is 0 Å². The number of ether oxygens (including phenoxy) is 3. The molecule has 0 rings (SSSR count). The van der Waals surface area contributed by atoms with Gasteiger partial charge in [-0.05, 0) is 96.3 Å². The van der Waals surface area contributed by atoms with Crippen LogP contribution in [-0.4, -0.2) is 37.2 Å². The van der Waals surface area contributed by atoms with Gasteiger partial charge in [0.15, 0.2) is 6.10 Å². The molecule has 0 fully saturated rings. The van der Waals surface area contributed by atoms with Crippen LogP contribution < -0.4 is 0 Å². The van der Waals surface area contributed by atoms with Gasteiger partial charge in [-0.2, -0.15) is 0 Å². The first kappa shape index (κ1) is 71.6. The number of rotatable bonds is 58. The zero-order chi connectivity index (χ0) is 54.3. The Bertz CT molecular complexity index is 1430. The summed E-state index contributed by atoms with van der Waals surface area (Å²) >= 11 is 0. The Labute approximate surface area is 465 Å². The third-order valence-electron chi connectivity index (χ3n) is 13.9. The number of carbonyl (C=O) groups is 3. The van der Waals surface area contributed by atoms with Crippen LogP contribution in [0.3, 0.4) is 0 Å². The van der Waals surface area contributed by atoms with Crippen molar-refractivity contribution in [2.24, 2.45) is 0 Å². The number of carbonyl (C=O) groups excluding carboxylic acids is 3. The van der Waals surface area contributed by atoms with Crippen LogP contribution in [0.1, 0.15) is 316 Å². The zero-order valence-electron chi connectivity index (χ0n) is 49.6. The fourth-order valence-corrected chi connectivity index (χ4v) is 9.09. The molecule has 0 aliphatic carbocycles. The Balaban J connectivity index is 4.04. The van der Waals surface area contributed by atoms with Gasteiger partial charge in [0.05, 0.1) is 0 Å². The highest BCUT2D eigenvalue weighted by Crippen LogP contribution is 2.16. The molecule has 6 heteroatoms. The molecular formula is C69H120O6. The summed E-state index contributed by atoms with van der Waals surface area (Å²) in [6.07, 6.45) is 83.5. The number of allylic oxidation sites excluding steroid dienone is 14. The molecule has 0 aromatic heterocycles. The van der Waals surface area contributed by atoms with E-state index in [0.717, 1.165) is 103 Å². The van der Waals surface area contributed by atoms with Crippen molar-refractivity contribution in [2.45, 2.75) is 322 Å². The van der Waals surface area contributed by atoms with Crippen molar-refractivity contribution < 1.29 is 28.6 Å². The topological polar surface area (TPSA) is 78.9 Å². The predicted octanol–water partition coefficient (Wildman–Crippen LogP) is 21.9. The van der Waals surface area contributed by atoms with Gasteiger partial charge in [-0.3, -0.25) is 14.4 Å². The van der Waals surface area contributed by atoms with Crippen molar-refractivity contribution in [3.63, 3.8) is 0 Å². The second-order valence-corrected chi connectivity index (χ2v) is 21.3. The lowest BCUT2D eigenvalue weighted by atomic mass is 10.0. The summed E-state index contributed by atoms with van der Waals surface area (Å²) in [6.45, 7) is 6.47. The molecule has 1 atom stereocenters. The Kier molecular flexibility index (Phi) is 60.3. The van der Waals surface area contributed by atoms with Gasteiger partial charge in [0, 0.05) is 19.3 Å². The molecule has 6 nitrogen and oxygen atoms in total. The van der Waals surface area contributed by atoms with Crippen LogP contribution in [0.4, 0.5) is 0 Å². The van der Waals surface area contributed by atoms with E-state index in [4.69, 9.17) is 14.2 Å². The molecule has 0 aliphatic rings. The summed E-state index contributed by atoms with van der Waals surface area (Å²) in [7, 11) is 0. The number of hydrogen-bond acceptors (Lipinski definition) is 6. The van der Waals surface area contributed by atoms with E-state index in [0.29, 0.717) is 19.3 Å². The average molecular weight is 1050 g/mol. The molecule has 0 aliphatic heterocycles. The lowest BCUT2D eigenvalue weighted by molar-refractivity contribution is -0.167. The zero-order valence-corrected chi connectivity index (χ0v) is 49.6. The van der Waals surface area contributed by atoms with Crippen LogP contribution in [0.5, 0.6) is 0 Å². The van der Waals surface area contributed by atoms with Crippen molar-refractivity contribution in [3.8, 4) is 0 Å². The molecule has 1 unspecified atom stereocenters. The third kappa shape index (κ3) is 61.3. The second kappa shape index (κ2) is 63.1. The van der Waals surface area contributed by atoms with E-state index < -0.39 is 6.10 Å². The standard InChI is InChI=1S/C69H120O6/c1-4-7-10-13-15-17-19-21-23-25-27-29-31-32-33-34-35-36-38-39-41-43-45-47-49-51-53-56-59-62-68(71)74-65-66(64-73-67(70)61-58-55-12-9-6-3)75-69(72)63-60-57-54-52-50-48-46-44-42-40-37-30-28-26-24-22-20-18-16-14-11-8-5-2/h7,10,15,17,21,23,26-29,32-33,35-36,66H,4-6,8-9,11-14,16,18-20,22,24-25,30-31,34,37-65H2,1-3H3/b10-7-,17-15-,23-21-,28-26-,29-27-,33-32-,36-35-. The van der Waals surface area contributed by atoms with Crippen molar-refractivity contribution in [1.82, 2.24) is 0 Å². The van der Waals surface area contributed by atoms with Crippen LogP contribution in [0.2, 0.25) is 0 Å². The normalized spacial score (nSPS) is 12.6. The summed E-state index contributed by atoms with van der Waals surface area (Å²) in [6, 6.07) is 0. The molecule has 0 saturated carbocycles. The van der Waals surface area contributed by atoms with Crippen LogP contribution >= 0.6 is 0 Å². The highest BCUT2D eigenvalue weighted by Gasteiger charge is 2.19. The maximum atomic E-state index is 12.8. The van der Waals surface area contributed by atoms with Crippen molar-refractivity contribution >= 4 is 17.9 Å². The van der Waals surface area contributed by atoms with E-state index in [1.54, 1.807) is 0 Å². The van der Waals surface area contributed by atoms with E-state index >= 15 is 0 Å². The van der Waals surface area contributed by atoms with E-state index in [-0.39, 0.29) is 31.1 Å². The van der Waals surface area contributed by atoms with Crippen LogP contribution in [0.25, 0.3) is 0 Å². The summed E-state index contributed by atoms with van der Waals surface area (Å²) < 4.78 is 16.8. The molecule has 0 amide bonds. The minimum atomic E-state index is -0.775. The highest BCUT2D eigenvalue weighted by molar-refractivity contribution is 5.71. The first-order valence-electron chi connectivity index (χ1n) is 32.1. The second-order valence-electron chi connectivity index (χ2n) is 21.3. The minimum absolute atomic E-state index is 0.0766. The molecule has 0 aromatic rings. The quantitative estimate of drug-likeness (QED) is 0.0261. The first-order valence-corrected chi connectivity index (χ1v) is 32.1. The Morgan fingerprint density at radius 1 is 0.280 bits per heavy atom. The van der Waals surface area contributed by atoms with E-state index in [1.165, 1.54) is 173 Å². The predicted molar refractivity (Wildman–Crippen MR) is 325 cm³/mol. The Morgan fingerprint density at radius 2 is 0.520 bits per heavy atom. The van der Waals surface area contributed by atoms with Gasteiger partial charge >= 0.3 is 17.9 Å². The fourth-order valence-electron chi connectivity index (χ4n) is 9.09. The van der Waals surface area contributed by atoms with Gasteiger partial charge < -0.3 is 14.2 Å². The summed E-state index contributed by atoms with van der Waals surface area (Å²) in [5.74, 6) is -0.885. The fraction of sp³-hybridized carbons (Fsp3) is 0.754. The average Bonchev–Trinajstić information content (AvgIpc) is 3.41. The lowest BCUT2D eigenvalue weighted by Crippen LogP contribution is -2.30. The van der Waals surface area contributed by atoms with Crippen LogP contribution in [-0.2, 0) is 28.6 Å². The van der Waals surface area contributed by atoms with Gasteiger partial charge in [0.1, 0.15) is 13.2 Å². The van der Waals surface area contributed by atoms with Gasteiger partial charge in [0.25, 0.3) is 0 Å². The largest absolute Gasteiger partial charge is 0.462 e. The lowest BCUT2D eigenvalue weighted by Gasteiger charge is -2.18. The van der Waals surface area contributed by atoms with Crippen molar-refractivity contribution in [3.05, 3.63) is 85.1 Å². The van der Waals surface area contributed by atoms with E-state index in [9.17, 15) is 14.4 Å². The number of unbranched alkanes of at least 4 members (excludes halogenated alkanes) is 33. The maximum absolute atomic E-state index is 12.8. The minimum Gasteiger partial charge on any atom is -0.462 e. The van der Waals surface area contributed by atoms with Crippen molar-refractivity contribution in [2.75, 3.05) is 13.2 Å². The van der Waals surface area contributed by atoms with Gasteiger partial charge in [-0.25, -0.2) is 0 Å². The summed E-state index contributed by atoms with van der Waals surface area (Å²) in [5.41, 5.74) is 0. The molecule has 0 N–H and O–H groups in total. The van der Waals surface area contributed by atoms with Crippen LogP contribution in [0, 0.1) is 0 Å². The van der Waals surface area contributed by atoms with Crippen molar-refractivity contribution in [1.29, 1.82) is 0 Å².